The quantitative estimate of drug-likeness (QED) is 0.737. The van der Waals surface area contributed by atoms with Crippen molar-refractivity contribution in [1.82, 2.24) is 9.80 Å². The van der Waals surface area contributed by atoms with Crippen molar-refractivity contribution in [2.75, 3.05) is 39.1 Å². The van der Waals surface area contributed by atoms with Crippen molar-refractivity contribution in [1.29, 1.82) is 0 Å². The van der Waals surface area contributed by atoms with Crippen molar-refractivity contribution in [3.63, 3.8) is 0 Å². The zero-order valence-electron chi connectivity index (χ0n) is 12.2. The van der Waals surface area contributed by atoms with E-state index >= 15 is 0 Å². The van der Waals surface area contributed by atoms with Crippen molar-refractivity contribution in [2.24, 2.45) is 11.3 Å². The summed E-state index contributed by atoms with van der Waals surface area (Å²) in [6.45, 7) is 10.8. The van der Waals surface area contributed by atoms with Crippen LogP contribution in [0.1, 0.15) is 33.6 Å². The molecule has 1 heterocycles. The predicted molar refractivity (Wildman–Crippen MR) is 79.9 cm³/mol. The fourth-order valence-electron chi connectivity index (χ4n) is 2.48. The molecule has 1 saturated heterocycles. The number of alkyl halides is 1. The van der Waals surface area contributed by atoms with E-state index in [2.05, 4.69) is 60.6 Å². The first-order valence-corrected chi connectivity index (χ1v) is 7.91. The van der Waals surface area contributed by atoms with Gasteiger partial charge in [0.25, 0.3) is 0 Å². The SMILES string of the molecule is CN(C)C1CCCN(CC(CBr)C(C)(C)C)C1. The van der Waals surface area contributed by atoms with Crippen molar-refractivity contribution in [3.8, 4) is 0 Å². The average molecular weight is 305 g/mol. The van der Waals surface area contributed by atoms with Gasteiger partial charge in [0.1, 0.15) is 0 Å². The normalized spacial score (nSPS) is 25.2. The Kier molecular flexibility index (Phi) is 5.94. The van der Waals surface area contributed by atoms with E-state index in [9.17, 15) is 0 Å². The molecule has 2 unspecified atom stereocenters. The zero-order chi connectivity index (χ0) is 13.1. The summed E-state index contributed by atoms with van der Waals surface area (Å²) in [5.41, 5.74) is 0.397. The second-order valence-corrected chi connectivity index (χ2v) is 7.38. The Balaban J connectivity index is 2.50. The number of likely N-dealkylation sites (tertiary alicyclic amines) is 1. The van der Waals surface area contributed by atoms with Crippen LogP contribution in [0.2, 0.25) is 0 Å². The Morgan fingerprint density at radius 3 is 2.47 bits per heavy atom. The summed E-state index contributed by atoms with van der Waals surface area (Å²) in [6.07, 6.45) is 2.71. The standard InChI is InChI=1S/C14H29BrN2/c1-14(2,3)12(9-15)10-17-8-6-7-13(11-17)16(4)5/h12-13H,6-11H2,1-5H3. The van der Waals surface area contributed by atoms with E-state index in [-0.39, 0.29) is 0 Å². The molecule has 0 aromatic rings. The lowest BCUT2D eigenvalue weighted by atomic mass is 9.81. The van der Waals surface area contributed by atoms with E-state index in [0.29, 0.717) is 5.41 Å². The fraction of sp³-hybridized carbons (Fsp3) is 1.00. The van der Waals surface area contributed by atoms with Gasteiger partial charge in [-0.2, -0.15) is 0 Å². The van der Waals surface area contributed by atoms with Crippen LogP contribution in [0.4, 0.5) is 0 Å². The molecule has 2 atom stereocenters. The van der Waals surface area contributed by atoms with Gasteiger partial charge in [0.05, 0.1) is 0 Å². The summed E-state index contributed by atoms with van der Waals surface area (Å²) in [7, 11) is 4.42. The Labute approximate surface area is 116 Å². The molecule has 3 heteroatoms. The first-order chi connectivity index (χ1) is 7.84. The molecule has 0 aromatic carbocycles. The van der Waals surface area contributed by atoms with Crippen molar-refractivity contribution >= 4 is 15.9 Å². The third-order valence-corrected chi connectivity index (χ3v) is 4.88. The van der Waals surface area contributed by atoms with Crippen LogP contribution in [-0.2, 0) is 0 Å². The highest BCUT2D eigenvalue weighted by Crippen LogP contribution is 2.29. The van der Waals surface area contributed by atoms with Crippen LogP contribution in [0.25, 0.3) is 0 Å². The molecule has 1 rings (SSSR count). The maximum absolute atomic E-state index is 3.69. The third-order valence-electron chi connectivity index (χ3n) is 4.10. The minimum atomic E-state index is 0.397. The van der Waals surface area contributed by atoms with Gasteiger partial charge in [0.15, 0.2) is 0 Å². The van der Waals surface area contributed by atoms with Crippen LogP contribution in [0, 0.1) is 11.3 Å². The molecule has 0 aromatic heterocycles. The van der Waals surface area contributed by atoms with E-state index in [1.165, 1.54) is 32.5 Å². The number of rotatable bonds is 4. The van der Waals surface area contributed by atoms with E-state index in [4.69, 9.17) is 0 Å². The van der Waals surface area contributed by atoms with Crippen LogP contribution in [-0.4, -0.2) is 54.9 Å². The van der Waals surface area contributed by atoms with Crippen LogP contribution >= 0.6 is 15.9 Å². The fourth-order valence-corrected chi connectivity index (χ4v) is 3.66. The predicted octanol–water partition coefficient (Wildman–Crippen LogP) is 3.07. The van der Waals surface area contributed by atoms with Crippen LogP contribution in [0.3, 0.4) is 0 Å². The maximum Gasteiger partial charge on any atom is 0.0217 e. The van der Waals surface area contributed by atoms with Crippen molar-refractivity contribution < 1.29 is 0 Å². The zero-order valence-corrected chi connectivity index (χ0v) is 13.8. The molecule has 0 bridgehead atoms. The lowest BCUT2D eigenvalue weighted by molar-refractivity contribution is 0.0973. The molecule has 0 aliphatic carbocycles. The Bertz CT molecular complexity index is 223. The highest BCUT2D eigenvalue weighted by Gasteiger charge is 2.28. The molecule has 102 valence electrons. The molecule has 0 spiro atoms. The lowest BCUT2D eigenvalue weighted by Crippen LogP contribution is -2.48. The van der Waals surface area contributed by atoms with E-state index < -0.39 is 0 Å². The number of halogens is 1. The number of nitrogens with zero attached hydrogens (tertiary/aromatic N) is 2. The molecule has 0 saturated carbocycles. The van der Waals surface area contributed by atoms with Crippen LogP contribution in [0.5, 0.6) is 0 Å². The molecule has 17 heavy (non-hydrogen) atoms. The number of hydrogen-bond acceptors (Lipinski definition) is 2. The lowest BCUT2D eigenvalue weighted by Gasteiger charge is -2.40. The van der Waals surface area contributed by atoms with Crippen LogP contribution < -0.4 is 0 Å². The summed E-state index contributed by atoms with van der Waals surface area (Å²) in [5.74, 6) is 0.739. The molecular weight excluding hydrogens is 276 g/mol. The number of likely N-dealkylation sites (N-methyl/N-ethyl adjacent to an activating group) is 1. The first kappa shape index (κ1) is 15.5. The third kappa shape index (κ3) is 4.88. The molecule has 0 radical (unpaired) electrons. The summed E-state index contributed by atoms with van der Waals surface area (Å²) in [5, 5.41) is 1.11. The topological polar surface area (TPSA) is 6.48 Å². The molecule has 1 aliphatic rings. The van der Waals surface area contributed by atoms with E-state index in [1.807, 2.05) is 0 Å². The van der Waals surface area contributed by atoms with Crippen molar-refractivity contribution in [3.05, 3.63) is 0 Å². The highest BCUT2D eigenvalue weighted by atomic mass is 79.9. The Morgan fingerprint density at radius 1 is 1.35 bits per heavy atom. The summed E-state index contributed by atoms with van der Waals surface area (Å²) >= 11 is 3.69. The number of hydrogen-bond donors (Lipinski definition) is 0. The first-order valence-electron chi connectivity index (χ1n) is 6.79. The minimum Gasteiger partial charge on any atom is -0.305 e. The minimum absolute atomic E-state index is 0.397. The van der Waals surface area contributed by atoms with Gasteiger partial charge in [-0.3, -0.25) is 0 Å². The number of piperidine rings is 1. The average Bonchev–Trinajstić information content (AvgIpc) is 2.24. The summed E-state index contributed by atoms with van der Waals surface area (Å²) in [6, 6.07) is 0.750. The summed E-state index contributed by atoms with van der Waals surface area (Å²) < 4.78 is 0. The molecule has 0 amide bonds. The van der Waals surface area contributed by atoms with E-state index in [0.717, 1.165) is 17.3 Å². The molecule has 1 fully saturated rings. The molecular formula is C14H29BrN2. The largest absolute Gasteiger partial charge is 0.305 e. The molecule has 2 nitrogen and oxygen atoms in total. The molecule has 1 aliphatic heterocycles. The van der Waals surface area contributed by atoms with Gasteiger partial charge < -0.3 is 9.80 Å². The van der Waals surface area contributed by atoms with Crippen molar-refractivity contribution in [2.45, 2.75) is 39.7 Å². The van der Waals surface area contributed by atoms with Gasteiger partial charge in [-0.05, 0) is 44.8 Å². The molecule has 0 N–H and O–H groups in total. The second-order valence-electron chi connectivity index (χ2n) is 6.74. The van der Waals surface area contributed by atoms with Crippen LogP contribution in [0.15, 0.2) is 0 Å². The second kappa shape index (κ2) is 6.53. The van der Waals surface area contributed by atoms with Gasteiger partial charge in [-0.15, -0.1) is 0 Å². The van der Waals surface area contributed by atoms with Gasteiger partial charge in [-0.25, -0.2) is 0 Å². The van der Waals surface area contributed by atoms with Gasteiger partial charge in [0.2, 0.25) is 0 Å². The van der Waals surface area contributed by atoms with Gasteiger partial charge in [0, 0.05) is 24.5 Å². The maximum atomic E-state index is 3.69. The Morgan fingerprint density at radius 2 is 2.00 bits per heavy atom. The van der Waals surface area contributed by atoms with E-state index in [1.54, 1.807) is 0 Å². The van der Waals surface area contributed by atoms with Gasteiger partial charge in [-0.1, -0.05) is 36.7 Å². The monoisotopic (exact) mass is 304 g/mol. The summed E-state index contributed by atoms with van der Waals surface area (Å²) in [4.78, 5) is 5.04. The Hall–Kier alpha value is 0.400. The van der Waals surface area contributed by atoms with Gasteiger partial charge >= 0.3 is 0 Å². The highest BCUT2D eigenvalue weighted by molar-refractivity contribution is 9.09. The smallest absolute Gasteiger partial charge is 0.0217 e.